The SMILES string of the molecule is NNC(=O)c1nc(CSc2cccc(Cl)c2)cs1. The summed E-state index contributed by atoms with van der Waals surface area (Å²) in [6, 6.07) is 7.61. The van der Waals surface area contributed by atoms with E-state index in [4.69, 9.17) is 17.4 Å². The van der Waals surface area contributed by atoms with Crippen LogP contribution in [0.1, 0.15) is 15.5 Å². The highest BCUT2D eigenvalue weighted by atomic mass is 35.5. The van der Waals surface area contributed by atoms with E-state index in [1.54, 1.807) is 11.8 Å². The number of hydrogen-bond acceptors (Lipinski definition) is 5. The summed E-state index contributed by atoms with van der Waals surface area (Å²) in [7, 11) is 0. The summed E-state index contributed by atoms with van der Waals surface area (Å²) < 4.78 is 0. The fourth-order valence-corrected chi connectivity index (χ4v) is 3.18. The molecule has 0 atom stereocenters. The van der Waals surface area contributed by atoms with Crippen LogP contribution in [0, 0.1) is 0 Å². The van der Waals surface area contributed by atoms with Crippen molar-refractivity contribution in [3.8, 4) is 0 Å². The number of thioether (sulfide) groups is 1. The van der Waals surface area contributed by atoms with E-state index in [-0.39, 0.29) is 5.91 Å². The molecule has 7 heteroatoms. The van der Waals surface area contributed by atoms with Crippen LogP contribution in [0.15, 0.2) is 34.5 Å². The lowest BCUT2D eigenvalue weighted by Gasteiger charge is -1.99. The maximum absolute atomic E-state index is 11.2. The molecule has 0 unspecified atom stereocenters. The molecule has 2 rings (SSSR count). The lowest BCUT2D eigenvalue weighted by atomic mass is 10.4. The molecule has 1 aromatic carbocycles. The van der Waals surface area contributed by atoms with Crippen molar-refractivity contribution in [3.63, 3.8) is 0 Å². The second kappa shape index (κ2) is 6.19. The number of benzene rings is 1. The second-order valence-electron chi connectivity index (χ2n) is 3.36. The van der Waals surface area contributed by atoms with Gasteiger partial charge in [0.05, 0.1) is 5.69 Å². The van der Waals surface area contributed by atoms with Gasteiger partial charge in [-0.3, -0.25) is 10.2 Å². The van der Waals surface area contributed by atoms with E-state index in [2.05, 4.69) is 10.4 Å². The van der Waals surface area contributed by atoms with Crippen LogP contribution in [-0.2, 0) is 5.75 Å². The molecular weight excluding hydrogens is 290 g/mol. The van der Waals surface area contributed by atoms with Crippen LogP contribution >= 0.6 is 34.7 Å². The standard InChI is InChI=1S/C11H10ClN3OS2/c12-7-2-1-3-9(4-7)17-5-8-6-18-11(14-8)10(16)15-13/h1-4,6H,5,13H2,(H,15,16). The summed E-state index contributed by atoms with van der Waals surface area (Å²) in [5, 5.41) is 2.93. The maximum atomic E-state index is 11.2. The number of nitrogens with one attached hydrogen (secondary N) is 1. The molecule has 0 spiro atoms. The third kappa shape index (κ3) is 3.46. The highest BCUT2D eigenvalue weighted by molar-refractivity contribution is 7.98. The predicted octanol–water partition coefficient (Wildman–Crippen LogP) is 2.69. The number of hydrogen-bond donors (Lipinski definition) is 2. The van der Waals surface area contributed by atoms with Crippen molar-refractivity contribution in [2.75, 3.05) is 0 Å². The van der Waals surface area contributed by atoms with Crippen LogP contribution in [0.5, 0.6) is 0 Å². The molecule has 0 aliphatic carbocycles. The minimum absolute atomic E-state index is 0.362. The van der Waals surface area contributed by atoms with Crippen molar-refractivity contribution in [1.29, 1.82) is 0 Å². The minimum Gasteiger partial charge on any atom is -0.288 e. The Kier molecular flexibility index (Phi) is 4.60. The topological polar surface area (TPSA) is 68.0 Å². The number of nitrogens with zero attached hydrogens (tertiary/aromatic N) is 1. The number of amides is 1. The van der Waals surface area contributed by atoms with Gasteiger partial charge in [0.25, 0.3) is 5.91 Å². The van der Waals surface area contributed by atoms with Gasteiger partial charge in [-0.15, -0.1) is 23.1 Å². The number of thiazole rings is 1. The van der Waals surface area contributed by atoms with E-state index in [0.717, 1.165) is 10.6 Å². The van der Waals surface area contributed by atoms with Crippen LogP contribution in [-0.4, -0.2) is 10.9 Å². The van der Waals surface area contributed by atoms with Gasteiger partial charge in [0, 0.05) is 21.1 Å². The summed E-state index contributed by atoms with van der Waals surface area (Å²) in [5.74, 6) is 5.37. The molecule has 0 aliphatic heterocycles. The minimum atomic E-state index is -0.362. The number of hydrazine groups is 1. The monoisotopic (exact) mass is 299 g/mol. The van der Waals surface area contributed by atoms with Gasteiger partial charge in [-0.05, 0) is 18.2 Å². The second-order valence-corrected chi connectivity index (χ2v) is 5.71. The Bertz CT molecular complexity index is 559. The van der Waals surface area contributed by atoms with Crippen LogP contribution in [0.25, 0.3) is 0 Å². The van der Waals surface area contributed by atoms with Crippen molar-refractivity contribution < 1.29 is 4.79 Å². The van der Waals surface area contributed by atoms with Crippen molar-refractivity contribution >= 4 is 40.6 Å². The molecule has 1 aromatic heterocycles. The molecule has 0 radical (unpaired) electrons. The Labute approximate surface area is 118 Å². The average Bonchev–Trinajstić information content (AvgIpc) is 2.84. The Hall–Kier alpha value is -1.08. The molecule has 0 saturated carbocycles. The quantitative estimate of drug-likeness (QED) is 0.394. The van der Waals surface area contributed by atoms with E-state index in [9.17, 15) is 4.79 Å². The van der Waals surface area contributed by atoms with E-state index in [1.165, 1.54) is 11.3 Å². The van der Waals surface area contributed by atoms with Crippen LogP contribution in [0.2, 0.25) is 5.02 Å². The van der Waals surface area contributed by atoms with E-state index in [0.29, 0.717) is 15.8 Å². The Morgan fingerprint density at radius 2 is 2.39 bits per heavy atom. The van der Waals surface area contributed by atoms with E-state index in [1.807, 2.05) is 29.6 Å². The normalized spacial score (nSPS) is 10.3. The van der Waals surface area contributed by atoms with Gasteiger partial charge in [-0.2, -0.15) is 0 Å². The highest BCUT2D eigenvalue weighted by Gasteiger charge is 2.09. The third-order valence-corrected chi connectivity index (χ3v) is 4.21. The van der Waals surface area contributed by atoms with Crippen molar-refractivity contribution in [1.82, 2.24) is 10.4 Å². The number of halogens is 1. The summed E-state index contributed by atoms with van der Waals surface area (Å²) in [4.78, 5) is 16.5. The molecule has 0 aliphatic rings. The summed E-state index contributed by atoms with van der Waals surface area (Å²) >= 11 is 8.79. The number of nitrogens with two attached hydrogens (primary N) is 1. The predicted molar refractivity (Wildman–Crippen MR) is 74.8 cm³/mol. The first-order chi connectivity index (χ1) is 8.69. The molecule has 0 fully saturated rings. The van der Waals surface area contributed by atoms with E-state index >= 15 is 0 Å². The van der Waals surface area contributed by atoms with Crippen molar-refractivity contribution in [2.45, 2.75) is 10.6 Å². The molecule has 94 valence electrons. The van der Waals surface area contributed by atoms with E-state index < -0.39 is 0 Å². The number of nitrogen functional groups attached to an aromatic ring is 1. The lowest BCUT2D eigenvalue weighted by Crippen LogP contribution is -2.29. The molecule has 2 aromatic rings. The zero-order chi connectivity index (χ0) is 13.0. The number of carbonyl (C=O) groups is 1. The molecule has 18 heavy (non-hydrogen) atoms. The van der Waals surface area contributed by atoms with Gasteiger partial charge in [-0.25, -0.2) is 10.8 Å². The van der Waals surface area contributed by atoms with Crippen LogP contribution in [0.4, 0.5) is 0 Å². The first-order valence-electron chi connectivity index (χ1n) is 5.03. The molecular formula is C11H10ClN3OS2. The smallest absolute Gasteiger partial charge is 0.288 e. The summed E-state index contributed by atoms with van der Waals surface area (Å²) in [6.45, 7) is 0. The zero-order valence-electron chi connectivity index (χ0n) is 9.22. The Morgan fingerprint density at radius 3 is 3.11 bits per heavy atom. The molecule has 1 amide bonds. The average molecular weight is 300 g/mol. The van der Waals surface area contributed by atoms with Crippen molar-refractivity contribution in [2.24, 2.45) is 5.84 Å². The van der Waals surface area contributed by atoms with Gasteiger partial charge in [0.2, 0.25) is 0 Å². The largest absolute Gasteiger partial charge is 0.294 e. The summed E-state index contributed by atoms with van der Waals surface area (Å²) in [5.41, 5.74) is 2.91. The molecule has 0 saturated heterocycles. The molecule has 0 bridgehead atoms. The zero-order valence-corrected chi connectivity index (χ0v) is 11.6. The highest BCUT2D eigenvalue weighted by Crippen LogP contribution is 2.25. The summed E-state index contributed by atoms with van der Waals surface area (Å²) in [6.07, 6.45) is 0. The van der Waals surface area contributed by atoms with Gasteiger partial charge in [0.15, 0.2) is 5.01 Å². The first-order valence-corrected chi connectivity index (χ1v) is 7.27. The third-order valence-electron chi connectivity index (χ3n) is 2.06. The molecule has 1 heterocycles. The van der Waals surface area contributed by atoms with Gasteiger partial charge in [0.1, 0.15) is 0 Å². The van der Waals surface area contributed by atoms with Crippen LogP contribution in [0.3, 0.4) is 0 Å². The van der Waals surface area contributed by atoms with Crippen LogP contribution < -0.4 is 11.3 Å². The number of aromatic nitrogens is 1. The number of rotatable bonds is 4. The van der Waals surface area contributed by atoms with Gasteiger partial charge in [-0.1, -0.05) is 17.7 Å². The van der Waals surface area contributed by atoms with Crippen molar-refractivity contribution in [3.05, 3.63) is 45.4 Å². The molecule has 4 nitrogen and oxygen atoms in total. The maximum Gasteiger partial charge on any atom is 0.294 e. The first kappa shape index (κ1) is 13.4. The fourth-order valence-electron chi connectivity index (χ4n) is 1.25. The fraction of sp³-hybridized carbons (Fsp3) is 0.0909. The van der Waals surface area contributed by atoms with Gasteiger partial charge < -0.3 is 0 Å². The van der Waals surface area contributed by atoms with Gasteiger partial charge >= 0.3 is 0 Å². The Balaban J connectivity index is 1.98. The number of carbonyl (C=O) groups excluding carboxylic acids is 1. The Morgan fingerprint density at radius 1 is 1.56 bits per heavy atom. The molecule has 3 N–H and O–H groups in total. The lowest BCUT2D eigenvalue weighted by molar-refractivity contribution is 0.0953.